The van der Waals surface area contributed by atoms with Gasteiger partial charge in [0.2, 0.25) is 0 Å². The van der Waals surface area contributed by atoms with Crippen molar-refractivity contribution in [1.29, 1.82) is 0 Å². The number of benzene rings is 1. The number of aryl methyl sites for hydroxylation is 1. The molecule has 1 aliphatic rings. The number of rotatable bonds is 3. The van der Waals surface area contributed by atoms with Crippen LogP contribution < -0.4 is 5.73 Å². The third-order valence-corrected chi connectivity index (χ3v) is 3.52. The van der Waals surface area contributed by atoms with Gasteiger partial charge in [-0.25, -0.2) is 4.39 Å². The Morgan fingerprint density at radius 3 is 2.53 bits per heavy atom. The maximum atomic E-state index is 13.0. The van der Waals surface area contributed by atoms with Crippen LogP contribution in [0.1, 0.15) is 24.8 Å². The topological polar surface area (TPSA) is 26.0 Å². The van der Waals surface area contributed by atoms with Gasteiger partial charge in [-0.3, -0.25) is 0 Å². The molecule has 1 nitrogen and oxygen atoms in total. The van der Waals surface area contributed by atoms with Gasteiger partial charge in [0.25, 0.3) is 0 Å². The van der Waals surface area contributed by atoms with Gasteiger partial charge < -0.3 is 5.73 Å². The van der Waals surface area contributed by atoms with E-state index in [0.717, 1.165) is 31.2 Å². The molecule has 1 aromatic carbocycles. The summed E-state index contributed by atoms with van der Waals surface area (Å²) in [7, 11) is 0. The summed E-state index contributed by atoms with van der Waals surface area (Å²) < 4.78 is 13.0. The molecule has 0 heterocycles. The predicted molar refractivity (Wildman–Crippen MR) is 60.9 cm³/mol. The maximum absolute atomic E-state index is 13.0. The number of nitrogens with two attached hydrogens (primary N) is 1. The molecule has 0 bridgehead atoms. The molecule has 1 aliphatic carbocycles. The molecule has 0 saturated heterocycles. The number of hydrogen-bond donors (Lipinski definition) is 1. The molecule has 82 valence electrons. The second-order valence-electron chi connectivity index (χ2n) is 4.22. The highest BCUT2D eigenvalue weighted by Crippen LogP contribution is 2.37. The van der Waals surface area contributed by atoms with Crippen molar-refractivity contribution in [2.45, 2.75) is 31.2 Å². The molecule has 15 heavy (non-hydrogen) atoms. The fourth-order valence-electron chi connectivity index (χ4n) is 1.55. The van der Waals surface area contributed by atoms with Crippen molar-refractivity contribution in [3.63, 3.8) is 0 Å². The molecule has 0 atom stereocenters. The van der Waals surface area contributed by atoms with E-state index in [2.05, 4.69) is 0 Å². The van der Waals surface area contributed by atoms with Crippen molar-refractivity contribution in [2.75, 3.05) is 0 Å². The molecular weight excluding hydrogens is 236 g/mol. The maximum Gasteiger partial charge on any atom is 0.143 e. The van der Waals surface area contributed by atoms with Gasteiger partial charge in [-0.2, -0.15) is 0 Å². The van der Waals surface area contributed by atoms with Gasteiger partial charge in [0, 0.05) is 10.6 Å². The van der Waals surface area contributed by atoms with Crippen molar-refractivity contribution in [3.8, 4) is 0 Å². The molecule has 0 aliphatic heterocycles. The average Bonchev–Trinajstić information content (AvgIpc) is 2.89. The molecule has 2 N–H and O–H groups in total. The lowest BCUT2D eigenvalue weighted by Crippen LogP contribution is -2.22. The summed E-state index contributed by atoms with van der Waals surface area (Å²) >= 11 is 11.6. The summed E-state index contributed by atoms with van der Waals surface area (Å²) in [6, 6.07) is 2.85. The van der Waals surface area contributed by atoms with Gasteiger partial charge in [-0.05, 0) is 43.4 Å². The van der Waals surface area contributed by atoms with Crippen LogP contribution in [0, 0.1) is 5.82 Å². The first-order valence-electron chi connectivity index (χ1n) is 4.92. The van der Waals surface area contributed by atoms with E-state index in [-0.39, 0.29) is 10.6 Å². The minimum atomic E-state index is -0.473. The summed E-state index contributed by atoms with van der Waals surface area (Å²) in [6.07, 6.45) is 3.78. The molecule has 0 radical (unpaired) electrons. The largest absolute Gasteiger partial charge is 0.325 e. The van der Waals surface area contributed by atoms with Crippen LogP contribution in [0.25, 0.3) is 0 Å². The van der Waals surface area contributed by atoms with Crippen molar-refractivity contribution in [1.82, 2.24) is 0 Å². The quantitative estimate of drug-likeness (QED) is 0.813. The van der Waals surface area contributed by atoms with E-state index in [9.17, 15) is 4.39 Å². The second kappa shape index (κ2) is 3.93. The Bertz CT molecular complexity index is 388. The van der Waals surface area contributed by atoms with E-state index in [1.165, 1.54) is 6.07 Å². The zero-order chi connectivity index (χ0) is 11.1. The van der Waals surface area contributed by atoms with Crippen LogP contribution in [0.4, 0.5) is 4.39 Å². The zero-order valence-electron chi connectivity index (χ0n) is 8.19. The van der Waals surface area contributed by atoms with Crippen LogP contribution >= 0.6 is 23.2 Å². The summed E-state index contributed by atoms with van der Waals surface area (Å²) in [5, 5.41) is 0.553. The number of halogens is 3. The monoisotopic (exact) mass is 247 g/mol. The Morgan fingerprint density at radius 2 is 1.93 bits per heavy atom. The molecule has 0 spiro atoms. The van der Waals surface area contributed by atoms with Crippen LogP contribution in [-0.4, -0.2) is 5.54 Å². The second-order valence-corrected chi connectivity index (χ2v) is 5.03. The molecule has 1 saturated carbocycles. The number of hydrogen-bond acceptors (Lipinski definition) is 1. The van der Waals surface area contributed by atoms with Gasteiger partial charge >= 0.3 is 0 Å². The highest BCUT2D eigenvalue weighted by Gasteiger charge is 2.37. The lowest BCUT2D eigenvalue weighted by atomic mass is 10.0. The van der Waals surface area contributed by atoms with Crippen LogP contribution in [0.3, 0.4) is 0 Å². The van der Waals surface area contributed by atoms with Crippen LogP contribution in [0.15, 0.2) is 12.1 Å². The van der Waals surface area contributed by atoms with Crippen LogP contribution in [-0.2, 0) is 6.42 Å². The Balaban J connectivity index is 2.10. The lowest BCUT2D eigenvalue weighted by molar-refractivity contribution is 0.605. The van der Waals surface area contributed by atoms with E-state index >= 15 is 0 Å². The third kappa shape index (κ3) is 2.63. The van der Waals surface area contributed by atoms with Gasteiger partial charge in [0.1, 0.15) is 5.82 Å². The van der Waals surface area contributed by atoms with E-state index in [1.807, 2.05) is 0 Å². The first-order chi connectivity index (χ1) is 7.00. The first-order valence-corrected chi connectivity index (χ1v) is 5.68. The van der Waals surface area contributed by atoms with Crippen LogP contribution in [0.5, 0.6) is 0 Å². The fraction of sp³-hybridized carbons (Fsp3) is 0.455. The standard InChI is InChI=1S/C11H12Cl2FN/c12-8-6-10(14)9(13)5-7(8)1-2-11(15)3-4-11/h5-6H,1-4,15H2. The Labute approximate surface area is 98.4 Å². The van der Waals surface area contributed by atoms with E-state index in [1.54, 1.807) is 6.07 Å². The molecule has 0 aromatic heterocycles. The third-order valence-electron chi connectivity index (χ3n) is 2.87. The SMILES string of the molecule is NC1(CCc2cc(Cl)c(F)cc2Cl)CC1. The average molecular weight is 248 g/mol. The van der Waals surface area contributed by atoms with Crippen molar-refractivity contribution < 1.29 is 4.39 Å². The Morgan fingerprint density at radius 1 is 1.27 bits per heavy atom. The molecule has 4 heteroatoms. The Hall–Kier alpha value is -0.310. The van der Waals surface area contributed by atoms with Gasteiger partial charge in [-0.1, -0.05) is 23.2 Å². The zero-order valence-corrected chi connectivity index (χ0v) is 9.71. The molecule has 2 rings (SSSR count). The summed E-state index contributed by atoms with van der Waals surface area (Å²) in [4.78, 5) is 0. The highest BCUT2D eigenvalue weighted by atomic mass is 35.5. The van der Waals surface area contributed by atoms with Gasteiger partial charge in [0.05, 0.1) is 5.02 Å². The molecule has 0 unspecified atom stereocenters. The summed E-state index contributed by atoms with van der Waals surface area (Å²) in [6.45, 7) is 0. The van der Waals surface area contributed by atoms with Crippen LogP contribution in [0.2, 0.25) is 10.0 Å². The summed E-state index contributed by atoms with van der Waals surface area (Å²) in [5.41, 5.74) is 6.83. The highest BCUT2D eigenvalue weighted by molar-refractivity contribution is 6.33. The minimum absolute atomic E-state index is 0.00973. The molecule has 1 fully saturated rings. The van der Waals surface area contributed by atoms with Crippen molar-refractivity contribution in [2.24, 2.45) is 5.73 Å². The minimum Gasteiger partial charge on any atom is -0.325 e. The van der Waals surface area contributed by atoms with E-state index in [0.29, 0.717) is 5.02 Å². The Kier molecular flexibility index (Phi) is 2.93. The van der Waals surface area contributed by atoms with Crippen molar-refractivity contribution in [3.05, 3.63) is 33.6 Å². The van der Waals surface area contributed by atoms with Gasteiger partial charge in [-0.15, -0.1) is 0 Å². The van der Waals surface area contributed by atoms with E-state index in [4.69, 9.17) is 28.9 Å². The van der Waals surface area contributed by atoms with Gasteiger partial charge in [0.15, 0.2) is 0 Å². The molecular formula is C11H12Cl2FN. The molecule has 0 amide bonds. The smallest absolute Gasteiger partial charge is 0.143 e. The van der Waals surface area contributed by atoms with E-state index < -0.39 is 5.82 Å². The lowest BCUT2D eigenvalue weighted by Gasteiger charge is -2.10. The van der Waals surface area contributed by atoms with Crippen molar-refractivity contribution >= 4 is 23.2 Å². The normalized spacial score (nSPS) is 17.9. The predicted octanol–water partition coefficient (Wildman–Crippen LogP) is 3.56. The fourth-order valence-corrected chi connectivity index (χ4v) is 1.98. The first kappa shape index (κ1) is 11.2. The molecule has 1 aromatic rings. The summed E-state index contributed by atoms with van der Waals surface area (Å²) in [5.74, 6) is -0.473.